The van der Waals surface area contributed by atoms with Crippen LogP contribution in [0.15, 0.2) is 70.4 Å². The molecule has 0 spiro atoms. The second-order valence-corrected chi connectivity index (χ2v) is 6.93. The van der Waals surface area contributed by atoms with Gasteiger partial charge in [0.15, 0.2) is 0 Å². The van der Waals surface area contributed by atoms with Crippen LogP contribution in [0.1, 0.15) is 11.6 Å². The number of pyridine rings is 1. The number of benzene rings is 2. The molecule has 0 saturated carbocycles. The number of carbonyl (C=O) groups excluding carboxylic acids is 1. The molecule has 1 atom stereocenters. The third-order valence-electron chi connectivity index (χ3n) is 3.58. The maximum absolute atomic E-state index is 12.5. The first kappa shape index (κ1) is 16.1. The topological polar surface area (TPSA) is 96.1 Å². The molecule has 1 aromatic heterocycles. The van der Waals surface area contributed by atoms with Crippen molar-refractivity contribution in [1.82, 2.24) is 9.71 Å². The number of rotatable bonds is 5. The van der Waals surface area contributed by atoms with Crippen LogP contribution in [0.4, 0.5) is 0 Å². The summed E-state index contributed by atoms with van der Waals surface area (Å²) in [6.45, 7) is 0. The van der Waals surface area contributed by atoms with Gasteiger partial charge in [0, 0.05) is 11.6 Å². The lowest BCUT2D eigenvalue weighted by Crippen LogP contribution is -2.29. The molecule has 0 aliphatic heterocycles. The Hall–Kier alpha value is -2.77. The predicted molar refractivity (Wildman–Crippen MR) is 90.1 cm³/mol. The summed E-state index contributed by atoms with van der Waals surface area (Å²) in [5, 5.41) is 0.583. The van der Waals surface area contributed by atoms with Crippen LogP contribution in [0.5, 0.6) is 0 Å². The molecular formula is C17H14N2O4S. The van der Waals surface area contributed by atoms with E-state index in [0.29, 0.717) is 22.8 Å². The highest BCUT2D eigenvalue weighted by Crippen LogP contribution is 2.19. The van der Waals surface area contributed by atoms with Crippen molar-refractivity contribution in [3.05, 3.63) is 76.6 Å². The summed E-state index contributed by atoms with van der Waals surface area (Å²) < 4.78 is 27.5. The van der Waals surface area contributed by atoms with Crippen molar-refractivity contribution in [2.45, 2.75) is 10.9 Å². The first-order valence-corrected chi connectivity index (χ1v) is 8.63. The maximum atomic E-state index is 12.5. The Labute approximate surface area is 138 Å². The van der Waals surface area contributed by atoms with Crippen LogP contribution < -0.4 is 10.3 Å². The fraction of sp³-hybridized carbons (Fsp3) is 0.0588. The Balaban J connectivity index is 1.96. The summed E-state index contributed by atoms with van der Waals surface area (Å²) in [6.07, 6.45) is 0.547. The minimum atomic E-state index is -3.89. The summed E-state index contributed by atoms with van der Waals surface area (Å²) in [5.74, 6) is 0. The first-order chi connectivity index (χ1) is 11.5. The summed E-state index contributed by atoms with van der Waals surface area (Å²) in [4.78, 5) is 25.2. The first-order valence-electron chi connectivity index (χ1n) is 7.15. The number of hydrogen-bond donors (Lipinski definition) is 2. The van der Waals surface area contributed by atoms with Crippen LogP contribution in [0.25, 0.3) is 10.9 Å². The van der Waals surface area contributed by atoms with Crippen molar-refractivity contribution < 1.29 is 13.2 Å². The molecule has 0 bridgehead atoms. The molecule has 24 heavy (non-hydrogen) atoms. The van der Waals surface area contributed by atoms with Gasteiger partial charge in [0.2, 0.25) is 15.6 Å². The monoisotopic (exact) mass is 342 g/mol. The molecule has 0 saturated heterocycles. The summed E-state index contributed by atoms with van der Waals surface area (Å²) in [7, 11) is -3.89. The summed E-state index contributed by atoms with van der Waals surface area (Å²) in [6, 6.07) is 14.8. The van der Waals surface area contributed by atoms with Crippen LogP contribution in [0.3, 0.4) is 0 Å². The number of nitrogens with one attached hydrogen (secondary N) is 2. The normalized spacial score (nSPS) is 12.8. The van der Waals surface area contributed by atoms with Gasteiger partial charge in [-0.15, -0.1) is 0 Å². The number of aromatic amines is 1. The van der Waals surface area contributed by atoms with Gasteiger partial charge in [-0.05, 0) is 35.2 Å². The second kappa shape index (κ2) is 6.38. The quantitative estimate of drug-likeness (QED) is 0.690. The zero-order valence-electron chi connectivity index (χ0n) is 12.5. The Morgan fingerprint density at radius 1 is 1.00 bits per heavy atom. The molecule has 1 unspecified atom stereocenters. The van der Waals surface area contributed by atoms with Crippen LogP contribution in [-0.2, 0) is 14.8 Å². The second-order valence-electron chi connectivity index (χ2n) is 5.22. The van der Waals surface area contributed by atoms with Crippen molar-refractivity contribution in [2.24, 2.45) is 0 Å². The van der Waals surface area contributed by atoms with Crippen LogP contribution in [-0.4, -0.2) is 19.7 Å². The largest absolute Gasteiger partial charge is 0.322 e. The van der Waals surface area contributed by atoms with Gasteiger partial charge in [0.1, 0.15) is 12.3 Å². The molecule has 7 heteroatoms. The lowest BCUT2D eigenvalue weighted by atomic mass is 10.1. The minimum absolute atomic E-state index is 0.0184. The van der Waals surface area contributed by atoms with Crippen LogP contribution in [0.2, 0.25) is 0 Å². The van der Waals surface area contributed by atoms with Gasteiger partial charge >= 0.3 is 0 Å². The van der Waals surface area contributed by atoms with E-state index in [0.717, 1.165) is 0 Å². The molecule has 0 aliphatic carbocycles. The molecule has 0 aliphatic rings. The Morgan fingerprint density at radius 3 is 2.46 bits per heavy atom. The SMILES string of the molecule is O=CC(NS(=O)(=O)c1ccc2[nH]c(=O)ccc2c1)c1ccccc1. The van der Waals surface area contributed by atoms with E-state index in [-0.39, 0.29) is 10.5 Å². The number of carbonyl (C=O) groups is 1. The van der Waals surface area contributed by atoms with Crippen LogP contribution >= 0.6 is 0 Å². The van der Waals surface area contributed by atoms with E-state index in [2.05, 4.69) is 9.71 Å². The molecule has 6 nitrogen and oxygen atoms in total. The molecule has 122 valence electrons. The average Bonchev–Trinajstić information content (AvgIpc) is 2.60. The van der Waals surface area contributed by atoms with E-state index in [4.69, 9.17) is 0 Å². The van der Waals surface area contributed by atoms with Crippen molar-refractivity contribution >= 4 is 27.2 Å². The van der Waals surface area contributed by atoms with Crippen LogP contribution in [0, 0.1) is 0 Å². The highest BCUT2D eigenvalue weighted by Gasteiger charge is 2.21. The molecule has 2 aromatic carbocycles. The zero-order valence-corrected chi connectivity index (χ0v) is 13.3. The Kier molecular flexibility index (Phi) is 4.28. The van der Waals surface area contributed by atoms with Gasteiger partial charge in [-0.2, -0.15) is 4.72 Å². The standard InChI is InChI=1S/C17H14N2O4S/c20-11-16(12-4-2-1-3-5-12)19-24(22,23)14-7-8-15-13(10-14)6-9-17(21)18-15/h1-11,16,19H,(H,18,21). The lowest BCUT2D eigenvalue weighted by molar-refractivity contribution is -0.109. The van der Waals surface area contributed by atoms with E-state index in [1.807, 2.05) is 0 Å². The van der Waals surface area contributed by atoms with E-state index in [1.54, 1.807) is 36.4 Å². The van der Waals surface area contributed by atoms with Gasteiger partial charge < -0.3 is 9.78 Å². The number of fused-ring (bicyclic) bond motifs is 1. The van der Waals surface area contributed by atoms with Crippen molar-refractivity contribution in [2.75, 3.05) is 0 Å². The molecule has 0 radical (unpaired) electrons. The molecule has 3 aromatic rings. The van der Waals surface area contributed by atoms with Gasteiger partial charge in [-0.3, -0.25) is 4.79 Å². The lowest BCUT2D eigenvalue weighted by Gasteiger charge is -2.14. The van der Waals surface area contributed by atoms with Gasteiger partial charge in [0.25, 0.3) is 0 Å². The molecule has 1 heterocycles. The zero-order chi connectivity index (χ0) is 17.2. The number of aldehydes is 1. The van der Waals surface area contributed by atoms with Gasteiger partial charge in [-0.1, -0.05) is 30.3 Å². The van der Waals surface area contributed by atoms with E-state index in [1.165, 1.54) is 24.3 Å². The maximum Gasteiger partial charge on any atom is 0.248 e. The fourth-order valence-corrected chi connectivity index (χ4v) is 3.56. The van der Waals surface area contributed by atoms with Gasteiger partial charge in [-0.25, -0.2) is 8.42 Å². The van der Waals surface area contributed by atoms with E-state index < -0.39 is 16.1 Å². The van der Waals surface area contributed by atoms with Crippen molar-refractivity contribution in [1.29, 1.82) is 0 Å². The molecular weight excluding hydrogens is 328 g/mol. The van der Waals surface area contributed by atoms with Crippen molar-refractivity contribution in [3.63, 3.8) is 0 Å². The molecule has 0 amide bonds. The molecule has 0 fully saturated rings. The Morgan fingerprint density at radius 2 is 1.75 bits per heavy atom. The Bertz CT molecular complexity index is 1040. The third-order valence-corrected chi connectivity index (χ3v) is 5.02. The number of sulfonamides is 1. The van der Waals surface area contributed by atoms with Crippen molar-refractivity contribution in [3.8, 4) is 0 Å². The third kappa shape index (κ3) is 3.27. The van der Waals surface area contributed by atoms with E-state index in [9.17, 15) is 18.0 Å². The fourth-order valence-electron chi connectivity index (χ4n) is 2.37. The highest BCUT2D eigenvalue weighted by molar-refractivity contribution is 7.89. The highest BCUT2D eigenvalue weighted by atomic mass is 32.2. The minimum Gasteiger partial charge on any atom is -0.322 e. The molecule has 3 rings (SSSR count). The average molecular weight is 342 g/mol. The predicted octanol–water partition coefficient (Wildman–Crippen LogP) is 1.75. The van der Waals surface area contributed by atoms with E-state index >= 15 is 0 Å². The number of aromatic nitrogens is 1. The summed E-state index contributed by atoms with van der Waals surface area (Å²) >= 11 is 0. The smallest absolute Gasteiger partial charge is 0.248 e. The van der Waals surface area contributed by atoms with Gasteiger partial charge in [0.05, 0.1) is 4.90 Å². The molecule has 2 N–H and O–H groups in total. The number of hydrogen-bond acceptors (Lipinski definition) is 4. The summed E-state index contributed by atoms with van der Waals surface area (Å²) in [5.41, 5.74) is 0.832. The number of H-pyrrole nitrogens is 1.